The molecule has 0 heterocycles. The molecular formula is C14H15Cl2NO3. The number of esters is 1. The van der Waals surface area contributed by atoms with Crippen molar-refractivity contribution in [3.05, 3.63) is 40.4 Å². The zero-order chi connectivity index (χ0) is 15.3. The lowest BCUT2D eigenvalue weighted by Gasteiger charge is -2.10. The van der Waals surface area contributed by atoms with Crippen LogP contribution >= 0.6 is 23.2 Å². The molecule has 0 aliphatic rings. The average molecular weight is 316 g/mol. The molecule has 1 rings (SSSR count). The largest absolute Gasteiger partial charge is 0.460 e. The Morgan fingerprint density at radius 1 is 1.25 bits per heavy atom. The third-order valence-corrected chi connectivity index (χ3v) is 2.59. The predicted octanol–water partition coefficient (Wildman–Crippen LogP) is 3.83. The Hall–Kier alpha value is -1.52. The van der Waals surface area contributed by atoms with Gasteiger partial charge < -0.3 is 10.1 Å². The second kappa shape index (κ2) is 7.31. The third kappa shape index (κ3) is 5.63. The lowest BCUT2D eigenvalue weighted by Crippen LogP contribution is -2.18. The van der Waals surface area contributed by atoms with Gasteiger partial charge in [-0.15, -0.1) is 0 Å². The van der Waals surface area contributed by atoms with Crippen molar-refractivity contribution in [3.63, 3.8) is 0 Å². The first-order valence-corrected chi connectivity index (χ1v) is 6.68. The number of amides is 1. The molecule has 0 fully saturated rings. The van der Waals surface area contributed by atoms with Crippen molar-refractivity contribution < 1.29 is 14.3 Å². The van der Waals surface area contributed by atoms with Crippen molar-refractivity contribution >= 4 is 40.8 Å². The summed E-state index contributed by atoms with van der Waals surface area (Å²) in [6.07, 6.45) is -0.413. The quantitative estimate of drug-likeness (QED) is 0.663. The van der Waals surface area contributed by atoms with Gasteiger partial charge in [0.25, 0.3) is 0 Å². The minimum absolute atomic E-state index is 0.0873. The predicted molar refractivity (Wildman–Crippen MR) is 80.1 cm³/mol. The van der Waals surface area contributed by atoms with Crippen LogP contribution < -0.4 is 5.32 Å². The summed E-state index contributed by atoms with van der Waals surface area (Å²) >= 11 is 11.6. The fourth-order valence-corrected chi connectivity index (χ4v) is 1.92. The second-order valence-electron chi connectivity index (χ2n) is 4.44. The van der Waals surface area contributed by atoms with E-state index in [2.05, 4.69) is 11.9 Å². The molecule has 0 saturated heterocycles. The summed E-state index contributed by atoms with van der Waals surface area (Å²) < 4.78 is 4.94. The average Bonchev–Trinajstić information content (AvgIpc) is 2.25. The van der Waals surface area contributed by atoms with Crippen molar-refractivity contribution in [3.8, 4) is 0 Å². The van der Waals surface area contributed by atoms with Crippen LogP contribution in [0.4, 0.5) is 5.69 Å². The van der Waals surface area contributed by atoms with Crippen molar-refractivity contribution in [1.29, 1.82) is 0 Å². The van der Waals surface area contributed by atoms with E-state index >= 15 is 0 Å². The van der Waals surface area contributed by atoms with Crippen LogP contribution in [0.2, 0.25) is 10.0 Å². The van der Waals surface area contributed by atoms with Gasteiger partial charge in [0, 0.05) is 21.3 Å². The zero-order valence-electron chi connectivity index (χ0n) is 11.2. The van der Waals surface area contributed by atoms with Crippen molar-refractivity contribution in [1.82, 2.24) is 0 Å². The van der Waals surface area contributed by atoms with Crippen LogP contribution in [0.3, 0.4) is 0 Å². The summed E-state index contributed by atoms with van der Waals surface area (Å²) in [7, 11) is 0. The monoisotopic (exact) mass is 315 g/mol. The van der Waals surface area contributed by atoms with Crippen molar-refractivity contribution in [2.75, 3.05) is 5.32 Å². The van der Waals surface area contributed by atoms with E-state index in [1.54, 1.807) is 32.0 Å². The van der Waals surface area contributed by atoms with Gasteiger partial charge in [-0.25, -0.2) is 4.79 Å². The molecule has 0 bridgehead atoms. The molecule has 1 aromatic carbocycles. The van der Waals surface area contributed by atoms with Crippen LogP contribution in [0.1, 0.15) is 20.3 Å². The zero-order valence-corrected chi connectivity index (χ0v) is 12.7. The fraction of sp³-hybridized carbons (Fsp3) is 0.286. The molecule has 0 aliphatic heterocycles. The van der Waals surface area contributed by atoms with Crippen molar-refractivity contribution in [2.24, 2.45) is 0 Å². The number of halogens is 2. The highest BCUT2D eigenvalue weighted by atomic mass is 35.5. The Balaban J connectivity index is 2.59. The number of nitrogens with one attached hydrogen (secondary N) is 1. The minimum atomic E-state index is -0.584. The van der Waals surface area contributed by atoms with Crippen LogP contribution in [0, 0.1) is 0 Å². The molecule has 0 atom stereocenters. The van der Waals surface area contributed by atoms with Gasteiger partial charge in [0.15, 0.2) is 0 Å². The van der Waals surface area contributed by atoms with Crippen LogP contribution in [0.25, 0.3) is 0 Å². The highest BCUT2D eigenvalue weighted by Crippen LogP contribution is 2.22. The Morgan fingerprint density at radius 3 is 2.30 bits per heavy atom. The van der Waals surface area contributed by atoms with E-state index in [1.165, 1.54) is 0 Å². The number of carbonyl (C=O) groups excluding carboxylic acids is 2. The van der Waals surface area contributed by atoms with E-state index in [0.717, 1.165) is 0 Å². The lowest BCUT2D eigenvalue weighted by molar-refractivity contribution is -0.143. The van der Waals surface area contributed by atoms with Gasteiger partial charge in [0.1, 0.15) is 0 Å². The van der Waals surface area contributed by atoms with Gasteiger partial charge in [-0.3, -0.25) is 4.79 Å². The highest BCUT2D eigenvalue weighted by molar-refractivity contribution is 6.35. The summed E-state index contributed by atoms with van der Waals surface area (Å²) in [6.45, 7) is 6.98. The summed E-state index contributed by atoms with van der Waals surface area (Å²) in [4.78, 5) is 23.3. The molecule has 1 amide bonds. The molecule has 1 N–H and O–H groups in total. The van der Waals surface area contributed by atoms with Crippen LogP contribution in [0.15, 0.2) is 30.4 Å². The Labute approximate surface area is 127 Å². The van der Waals surface area contributed by atoms with Gasteiger partial charge in [-0.2, -0.15) is 0 Å². The molecule has 6 heteroatoms. The summed E-state index contributed by atoms with van der Waals surface area (Å²) in [5, 5.41) is 3.40. The lowest BCUT2D eigenvalue weighted by atomic mass is 10.2. The number of rotatable bonds is 5. The molecule has 4 nitrogen and oxygen atoms in total. The number of hydrogen-bond acceptors (Lipinski definition) is 3. The smallest absolute Gasteiger partial charge is 0.334 e. The Kier molecular flexibility index (Phi) is 6.05. The Bertz CT molecular complexity index is 521. The van der Waals surface area contributed by atoms with E-state index in [0.29, 0.717) is 15.7 Å². The number of carbonyl (C=O) groups is 2. The van der Waals surface area contributed by atoms with Gasteiger partial charge in [-0.05, 0) is 32.0 Å². The number of anilines is 1. The highest BCUT2D eigenvalue weighted by Gasteiger charge is 2.14. The first-order valence-electron chi connectivity index (χ1n) is 5.92. The van der Waals surface area contributed by atoms with Gasteiger partial charge in [0.05, 0.1) is 12.5 Å². The Morgan fingerprint density at radius 2 is 1.80 bits per heavy atom. The molecule has 108 valence electrons. The molecule has 0 aromatic heterocycles. The van der Waals surface area contributed by atoms with E-state index in [-0.39, 0.29) is 18.1 Å². The molecular weight excluding hydrogens is 301 g/mol. The molecule has 0 spiro atoms. The second-order valence-corrected chi connectivity index (χ2v) is 5.31. The maximum Gasteiger partial charge on any atom is 0.334 e. The van der Waals surface area contributed by atoms with Gasteiger partial charge in [0.2, 0.25) is 5.91 Å². The molecule has 0 aliphatic carbocycles. The molecule has 0 radical (unpaired) electrons. The van der Waals surface area contributed by atoms with Crippen LogP contribution in [0.5, 0.6) is 0 Å². The third-order valence-electron chi connectivity index (χ3n) is 2.15. The summed E-state index contributed by atoms with van der Waals surface area (Å²) in [6, 6.07) is 4.67. The van der Waals surface area contributed by atoms with Crippen LogP contribution in [-0.2, 0) is 14.3 Å². The van der Waals surface area contributed by atoms with Gasteiger partial charge >= 0.3 is 5.97 Å². The van der Waals surface area contributed by atoms with Crippen molar-refractivity contribution in [2.45, 2.75) is 26.4 Å². The van der Waals surface area contributed by atoms with E-state index in [9.17, 15) is 9.59 Å². The maximum atomic E-state index is 11.8. The van der Waals surface area contributed by atoms with E-state index < -0.39 is 11.9 Å². The molecule has 20 heavy (non-hydrogen) atoms. The topological polar surface area (TPSA) is 55.4 Å². The number of ether oxygens (including phenoxy) is 1. The number of hydrogen-bond donors (Lipinski definition) is 1. The summed E-state index contributed by atoms with van der Waals surface area (Å²) in [5.41, 5.74) is 0.543. The van der Waals surface area contributed by atoms with E-state index in [1.807, 2.05) is 0 Å². The van der Waals surface area contributed by atoms with Gasteiger partial charge in [-0.1, -0.05) is 29.8 Å². The summed E-state index contributed by atoms with van der Waals surface area (Å²) in [5.74, 6) is -0.978. The number of benzene rings is 1. The minimum Gasteiger partial charge on any atom is -0.460 e. The molecule has 0 unspecified atom stereocenters. The fourth-order valence-electron chi connectivity index (χ4n) is 1.39. The maximum absolute atomic E-state index is 11.8. The van der Waals surface area contributed by atoms with E-state index in [4.69, 9.17) is 27.9 Å². The first kappa shape index (κ1) is 16.5. The molecule has 1 aromatic rings. The SMILES string of the molecule is C=C(CC(=O)Nc1cc(Cl)cc(Cl)c1)C(=O)OC(C)C. The normalized spacial score (nSPS) is 10.2. The first-order chi connectivity index (χ1) is 9.27. The van der Waals surface area contributed by atoms with Crippen LogP contribution in [-0.4, -0.2) is 18.0 Å². The molecule has 0 saturated carbocycles. The standard InChI is InChI=1S/C14H15Cl2NO3/c1-8(2)20-14(19)9(3)4-13(18)17-12-6-10(15)5-11(16)7-12/h5-8H,3-4H2,1-2H3,(H,17,18).